The van der Waals surface area contributed by atoms with Crippen molar-refractivity contribution in [3.8, 4) is 11.4 Å². The van der Waals surface area contributed by atoms with E-state index in [0.717, 1.165) is 24.9 Å². The lowest BCUT2D eigenvalue weighted by Gasteiger charge is -2.33. The van der Waals surface area contributed by atoms with E-state index >= 15 is 0 Å². The van der Waals surface area contributed by atoms with Crippen LogP contribution in [-0.2, 0) is 11.3 Å². The molecule has 1 atom stereocenters. The molecule has 6 nitrogen and oxygen atoms in total. The van der Waals surface area contributed by atoms with Gasteiger partial charge in [-0.05, 0) is 43.4 Å². The average Bonchev–Trinajstić information content (AvgIpc) is 3.14. The lowest BCUT2D eigenvalue weighted by Crippen LogP contribution is -2.48. The fraction of sp³-hybridized carbons (Fsp3) is 0.591. The van der Waals surface area contributed by atoms with Crippen molar-refractivity contribution in [3.05, 3.63) is 35.2 Å². The van der Waals surface area contributed by atoms with Gasteiger partial charge in [-0.2, -0.15) is 4.98 Å². The summed E-state index contributed by atoms with van der Waals surface area (Å²) < 4.78 is 5.44. The van der Waals surface area contributed by atoms with Gasteiger partial charge < -0.3 is 9.84 Å². The van der Waals surface area contributed by atoms with E-state index in [1.54, 1.807) is 0 Å². The number of aromatic nitrogens is 2. The molecule has 0 bridgehead atoms. The molecular weight excluding hydrogens is 388 g/mol. The van der Waals surface area contributed by atoms with Crippen LogP contribution in [0.4, 0.5) is 0 Å². The first-order valence-corrected chi connectivity index (χ1v) is 10.8. The number of amides is 1. The highest BCUT2D eigenvalue weighted by atomic mass is 35.5. The number of nitrogens with one attached hydrogen (secondary N) is 1. The van der Waals surface area contributed by atoms with Crippen molar-refractivity contribution in [2.45, 2.75) is 53.1 Å². The van der Waals surface area contributed by atoms with Crippen molar-refractivity contribution < 1.29 is 9.32 Å². The standard InChI is InChI=1S/C22H31ClN4O2/c1-14(2)20(15(3)4)25-22(28)17-8-6-10-27(12-17)13-19-24-21(26-29-19)16-7-5-9-18(23)11-16/h5,7,9,11,14-15,17,20H,6,8,10,12-13H2,1-4H3,(H,25,28). The maximum absolute atomic E-state index is 12.8. The van der Waals surface area contributed by atoms with Crippen molar-refractivity contribution >= 4 is 17.5 Å². The molecule has 1 unspecified atom stereocenters. The molecule has 1 amide bonds. The number of hydrogen-bond donors (Lipinski definition) is 1. The highest BCUT2D eigenvalue weighted by Crippen LogP contribution is 2.23. The quantitative estimate of drug-likeness (QED) is 0.721. The molecular formula is C22H31ClN4O2. The molecule has 1 fully saturated rings. The predicted octanol–water partition coefficient (Wildman–Crippen LogP) is 4.40. The first-order chi connectivity index (χ1) is 13.8. The Morgan fingerprint density at radius 2 is 2.07 bits per heavy atom. The molecule has 0 radical (unpaired) electrons. The number of rotatable bonds is 7. The van der Waals surface area contributed by atoms with E-state index in [1.807, 2.05) is 24.3 Å². The van der Waals surface area contributed by atoms with Crippen LogP contribution >= 0.6 is 11.6 Å². The Balaban J connectivity index is 1.59. The minimum absolute atomic E-state index is 0.000859. The van der Waals surface area contributed by atoms with E-state index in [9.17, 15) is 4.79 Å². The van der Waals surface area contributed by atoms with Gasteiger partial charge >= 0.3 is 0 Å². The van der Waals surface area contributed by atoms with Gasteiger partial charge in [0, 0.05) is 23.2 Å². The van der Waals surface area contributed by atoms with Gasteiger partial charge in [-0.15, -0.1) is 0 Å². The largest absolute Gasteiger partial charge is 0.353 e. The second kappa shape index (κ2) is 9.72. The molecule has 2 aromatic rings. The van der Waals surface area contributed by atoms with E-state index in [2.05, 4.69) is 48.1 Å². The highest BCUT2D eigenvalue weighted by molar-refractivity contribution is 6.30. The molecule has 1 saturated heterocycles. The summed E-state index contributed by atoms with van der Waals surface area (Å²) in [5.41, 5.74) is 0.830. The molecule has 0 saturated carbocycles. The van der Waals surface area contributed by atoms with Gasteiger partial charge in [-0.25, -0.2) is 0 Å². The third-order valence-electron chi connectivity index (χ3n) is 5.53. The summed E-state index contributed by atoms with van der Waals surface area (Å²) in [6.07, 6.45) is 1.91. The molecule has 3 rings (SSSR count). The Bertz CT molecular complexity index is 813. The van der Waals surface area contributed by atoms with E-state index in [0.29, 0.717) is 41.7 Å². The third kappa shape index (κ3) is 5.80. The molecule has 1 N–H and O–H groups in total. The fourth-order valence-corrected chi connectivity index (χ4v) is 4.24. The number of benzene rings is 1. The number of piperidine rings is 1. The van der Waals surface area contributed by atoms with Crippen LogP contribution < -0.4 is 5.32 Å². The van der Waals surface area contributed by atoms with Crippen molar-refractivity contribution in [1.82, 2.24) is 20.4 Å². The van der Waals surface area contributed by atoms with Gasteiger partial charge in [0.1, 0.15) is 0 Å². The Labute approximate surface area is 178 Å². The molecule has 1 aliphatic heterocycles. The van der Waals surface area contributed by atoms with Crippen LogP contribution in [0.1, 0.15) is 46.4 Å². The summed E-state index contributed by atoms with van der Waals surface area (Å²) in [6, 6.07) is 7.60. The fourth-order valence-electron chi connectivity index (χ4n) is 4.05. The van der Waals surface area contributed by atoms with E-state index in [-0.39, 0.29) is 17.9 Å². The lowest BCUT2D eigenvalue weighted by molar-refractivity contribution is -0.128. The summed E-state index contributed by atoms with van der Waals surface area (Å²) >= 11 is 6.05. The number of hydrogen-bond acceptors (Lipinski definition) is 5. The number of carbonyl (C=O) groups is 1. The van der Waals surface area contributed by atoms with Gasteiger partial charge in [-0.3, -0.25) is 9.69 Å². The van der Waals surface area contributed by atoms with Crippen LogP contribution in [0.2, 0.25) is 5.02 Å². The Hall–Kier alpha value is -1.92. The van der Waals surface area contributed by atoms with Crippen LogP contribution in [0.5, 0.6) is 0 Å². The molecule has 1 aliphatic rings. The van der Waals surface area contributed by atoms with Crippen LogP contribution in [0.15, 0.2) is 28.8 Å². The van der Waals surface area contributed by atoms with Crippen LogP contribution in [0.3, 0.4) is 0 Å². The molecule has 7 heteroatoms. The Morgan fingerprint density at radius 3 is 2.76 bits per heavy atom. The topological polar surface area (TPSA) is 71.3 Å². The minimum Gasteiger partial charge on any atom is -0.353 e. The molecule has 1 aromatic heterocycles. The van der Waals surface area contributed by atoms with Crippen LogP contribution in [0, 0.1) is 17.8 Å². The zero-order valence-corrected chi connectivity index (χ0v) is 18.4. The molecule has 29 heavy (non-hydrogen) atoms. The first-order valence-electron chi connectivity index (χ1n) is 10.4. The third-order valence-corrected chi connectivity index (χ3v) is 5.77. The van der Waals surface area contributed by atoms with Gasteiger partial charge in [0.2, 0.25) is 17.6 Å². The second-order valence-electron chi connectivity index (χ2n) is 8.62. The average molecular weight is 419 g/mol. The zero-order valence-electron chi connectivity index (χ0n) is 17.7. The van der Waals surface area contributed by atoms with E-state index < -0.39 is 0 Å². The summed E-state index contributed by atoms with van der Waals surface area (Å²) in [4.78, 5) is 19.6. The number of halogens is 1. The first kappa shape index (κ1) is 21.8. The van der Waals surface area contributed by atoms with Gasteiger partial charge in [0.25, 0.3) is 0 Å². The summed E-state index contributed by atoms with van der Waals surface area (Å²) in [7, 11) is 0. The number of nitrogens with zero attached hydrogens (tertiary/aromatic N) is 3. The maximum atomic E-state index is 12.8. The molecule has 2 heterocycles. The van der Waals surface area contributed by atoms with Crippen LogP contribution in [-0.4, -0.2) is 40.1 Å². The summed E-state index contributed by atoms with van der Waals surface area (Å²) in [5.74, 6) is 2.09. The van der Waals surface area contributed by atoms with Crippen molar-refractivity contribution in [2.24, 2.45) is 17.8 Å². The van der Waals surface area contributed by atoms with Gasteiger partial charge in [0.05, 0.1) is 12.5 Å². The predicted molar refractivity (Wildman–Crippen MR) is 114 cm³/mol. The summed E-state index contributed by atoms with van der Waals surface area (Å²) in [6.45, 7) is 10.8. The Morgan fingerprint density at radius 1 is 1.31 bits per heavy atom. The smallest absolute Gasteiger partial charge is 0.241 e. The molecule has 0 aliphatic carbocycles. The van der Waals surface area contributed by atoms with E-state index in [4.69, 9.17) is 16.1 Å². The molecule has 1 aromatic carbocycles. The lowest BCUT2D eigenvalue weighted by atomic mass is 9.91. The monoisotopic (exact) mass is 418 g/mol. The van der Waals surface area contributed by atoms with Crippen molar-refractivity contribution in [3.63, 3.8) is 0 Å². The van der Waals surface area contributed by atoms with Crippen LogP contribution in [0.25, 0.3) is 11.4 Å². The van der Waals surface area contributed by atoms with E-state index in [1.165, 1.54) is 0 Å². The van der Waals surface area contributed by atoms with Gasteiger partial charge in [0.15, 0.2) is 0 Å². The van der Waals surface area contributed by atoms with Crippen molar-refractivity contribution in [1.29, 1.82) is 0 Å². The Kier molecular flexibility index (Phi) is 7.30. The normalized spacial score (nSPS) is 18.0. The SMILES string of the molecule is CC(C)C(NC(=O)C1CCCN(Cc2nc(-c3cccc(Cl)c3)no2)C1)C(C)C. The van der Waals surface area contributed by atoms with Crippen molar-refractivity contribution in [2.75, 3.05) is 13.1 Å². The highest BCUT2D eigenvalue weighted by Gasteiger charge is 2.29. The molecule has 158 valence electrons. The maximum Gasteiger partial charge on any atom is 0.241 e. The van der Waals surface area contributed by atoms with Gasteiger partial charge in [-0.1, -0.05) is 56.6 Å². The number of likely N-dealkylation sites (tertiary alicyclic amines) is 1. The zero-order chi connectivity index (χ0) is 21.0. The second-order valence-corrected chi connectivity index (χ2v) is 9.06. The summed E-state index contributed by atoms with van der Waals surface area (Å²) in [5, 5.41) is 7.98. The number of carbonyl (C=O) groups excluding carboxylic acids is 1. The minimum atomic E-state index is -0.000859. The molecule has 0 spiro atoms.